The highest BCUT2D eigenvalue weighted by Crippen LogP contribution is 2.60. The third kappa shape index (κ3) is 7.81. The molecule has 4 fully saturated rings. The van der Waals surface area contributed by atoms with E-state index in [0.29, 0.717) is 5.41 Å². The molecule has 4 aliphatic rings. The minimum Gasteiger partial charge on any atom is -0.311 e. The summed E-state index contributed by atoms with van der Waals surface area (Å²) < 4.78 is 0. The van der Waals surface area contributed by atoms with E-state index in [1.165, 1.54) is 83.0 Å². The minimum absolute atomic E-state index is 0.441. The van der Waals surface area contributed by atoms with E-state index in [1.54, 1.807) is 5.56 Å². The number of anilines is 6. The molecule has 4 aliphatic carbocycles. The van der Waals surface area contributed by atoms with E-state index in [2.05, 4.69) is 246 Å². The van der Waals surface area contributed by atoms with E-state index in [-0.39, 0.29) is 0 Å². The van der Waals surface area contributed by atoms with Crippen molar-refractivity contribution in [2.24, 2.45) is 17.8 Å². The van der Waals surface area contributed by atoms with Gasteiger partial charge in [0.25, 0.3) is 0 Å². The topological polar surface area (TPSA) is 6.48 Å². The predicted molar refractivity (Wildman–Crippen MR) is 277 cm³/mol. The number of rotatable bonds is 11. The lowest BCUT2D eigenvalue weighted by Gasteiger charge is -2.57. The summed E-state index contributed by atoms with van der Waals surface area (Å²) in [4.78, 5) is 4.66. The van der Waals surface area contributed by atoms with Gasteiger partial charge in [0.1, 0.15) is 0 Å². The van der Waals surface area contributed by atoms with E-state index in [1.807, 2.05) is 0 Å². The van der Waals surface area contributed by atoms with E-state index < -0.39 is 0 Å². The maximum atomic E-state index is 2.47. The van der Waals surface area contributed by atoms with Gasteiger partial charge in [-0.15, -0.1) is 0 Å². The first-order valence-electron chi connectivity index (χ1n) is 24.0. The molecule has 4 saturated carbocycles. The van der Waals surface area contributed by atoms with Gasteiger partial charge in [0.15, 0.2) is 0 Å². The summed E-state index contributed by atoms with van der Waals surface area (Å²) in [5.74, 6) is 2.90. The number of hydrogen-bond donors (Lipinski definition) is 0. The molecule has 4 bridgehead atoms. The van der Waals surface area contributed by atoms with Crippen LogP contribution in [0.1, 0.15) is 44.1 Å². The van der Waals surface area contributed by atoms with Gasteiger partial charge in [-0.1, -0.05) is 164 Å². The van der Waals surface area contributed by atoms with Crippen molar-refractivity contribution in [3.63, 3.8) is 0 Å². The second kappa shape index (κ2) is 17.2. The molecule has 0 aliphatic heterocycles. The Morgan fingerprint density at radius 3 is 0.773 bits per heavy atom. The Morgan fingerprint density at radius 1 is 0.242 bits per heavy atom. The Bertz CT molecular complexity index is 2960. The largest absolute Gasteiger partial charge is 0.311 e. The van der Waals surface area contributed by atoms with Crippen molar-refractivity contribution in [3.05, 3.63) is 242 Å². The summed E-state index contributed by atoms with van der Waals surface area (Å²) >= 11 is 0. The summed E-state index contributed by atoms with van der Waals surface area (Å²) in [6, 6.07) is 86.5. The molecule has 9 aromatic rings. The first-order chi connectivity index (χ1) is 32.6. The van der Waals surface area contributed by atoms with Gasteiger partial charge in [-0.25, -0.2) is 0 Å². The second-order valence-electron chi connectivity index (χ2n) is 19.2. The van der Waals surface area contributed by atoms with Crippen LogP contribution >= 0.6 is 0 Å². The van der Waals surface area contributed by atoms with Gasteiger partial charge in [0.05, 0.1) is 0 Å². The maximum Gasteiger partial charge on any atom is 0.0462 e. The van der Waals surface area contributed by atoms with E-state index in [9.17, 15) is 0 Å². The molecule has 2 heteroatoms. The van der Waals surface area contributed by atoms with Gasteiger partial charge in [0.2, 0.25) is 0 Å². The molecule has 0 saturated heterocycles. The molecule has 0 heterocycles. The summed E-state index contributed by atoms with van der Waals surface area (Å²) in [5, 5.41) is 0. The fourth-order valence-electron chi connectivity index (χ4n) is 12.2. The minimum atomic E-state index is 0.441. The molecule has 0 N–H and O–H groups in total. The van der Waals surface area contributed by atoms with Crippen LogP contribution in [0.25, 0.3) is 44.5 Å². The van der Waals surface area contributed by atoms with Crippen molar-refractivity contribution in [1.82, 2.24) is 0 Å². The predicted octanol–water partition coefficient (Wildman–Crippen LogP) is 17.8. The average molecular weight is 851 g/mol. The Labute approximate surface area is 390 Å². The van der Waals surface area contributed by atoms with Crippen LogP contribution < -0.4 is 9.80 Å². The van der Waals surface area contributed by atoms with Gasteiger partial charge < -0.3 is 9.80 Å². The zero-order valence-corrected chi connectivity index (χ0v) is 37.4. The van der Waals surface area contributed by atoms with Gasteiger partial charge in [-0.05, 0) is 185 Å². The molecule has 2 nitrogen and oxygen atoms in total. The van der Waals surface area contributed by atoms with Crippen LogP contribution in [0.5, 0.6) is 0 Å². The molecule has 0 atom stereocenters. The monoisotopic (exact) mass is 850 g/mol. The number of nitrogens with zero attached hydrogens (tertiary/aromatic N) is 2. The fourth-order valence-corrected chi connectivity index (χ4v) is 12.2. The highest BCUT2D eigenvalue weighted by Gasteiger charge is 2.51. The Hall–Kier alpha value is -7.42. The molecule has 320 valence electrons. The lowest BCUT2D eigenvalue weighted by Crippen LogP contribution is -2.48. The van der Waals surface area contributed by atoms with Crippen molar-refractivity contribution >= 4 is 34.1 Å². The quantitative estimate of drug-likeness (QED) is 0.128. The summed E-state index contributed by atoms with van der Waals surface area (Å²) in [6.45, 7) is 0. The third-order valence-corrected chi connectivity index (χ3v) is 15.1. The molecule has 0 amide bonds. The zero-order valence-electron chi connectivity index (χ0n) is 37.4. The lowest BCUT2D eigenvalue weighted by atomic mass is 9.48. The Morgan fingerprint density at radius 2 is 0.470 bits per heavy atom. The van der Waals surface area contributed by atoms with Crippen LogP contribution in [-0.2, 0) is 5.41 Å². The summed E-state index contributed by atoms with van der Waals surface area (Å²) in [6.07, 6.45) is 8.71. The van der Waals surface area contributed by atoms with Gasteiger partial charge >= 0.3 is 0 Å². The molecule has 13 rings (SSSR count). The zero-order chi connectivity index (χ0) is 43.9. The molecule has 0 aromatic heterocycles. The highest BCUT2D eigenvalue weighted by atomic mass is 15.1. The van der Waals surface area contributed by atoms with E-state index in [0.717, 1.165) is 51.9 Å². The smallest absolute Gasteiger partial charge is 0.0462 e. The molecule has 0 unspecified atom stereocenters. The van der Waals surface area contributed by atoms with Crippen molar-refractivity contribution in [1.29, 1.82) is 0 Å². The molecule has 9 aromatic carbocycles. The van der Waals surface area contributed by atoms with Gasteiger partial charge in [-0.3, -0.25) is 0 Å². The number of benzene rings is 9. The Balaban J connectivity index is 0.803. The Kier molecular flexibility index (Phi) is 10.4. The molecule has 0 spiro atoms. The van der Waals surface area contributed by atoms with Crippen molar-refractivity contribution in [2.75, 3.05) is 9.80 Å². The third-order valence-electron chi connectivity index (χ3n) is 15.1. The van der Waals surface area contributed by atoms with Crippen LogP contribution in [-0.4, -0.2) is 0 Å². The standard InChI is InChI=1S/C64H54N2/c1-4-10-49(11-5-1)53-22-32-61(33-23-53)66(63-38-28-56(29-39-63)55-26-34-60(35-27-55)65(58-12-6-2-7-13-58)59-14-8-3-9-15-59)62-36-24-54(25-37-62)51-18-16-50(17-19-51)52-20-30-57(31-21-52)64-43-46-40-47(44-64)42-48(41-46)45-64/h1-39,46-48H,40-45H2. The lowest BCUT2D eigenvalue weighted by molar-refractivity contribution is -0.00518. The number of hydrogen-bond acceptors (Lipinski definition) is 2. The highest BCUT2D eigenvalue weighted by molar-refractivity contribution is 5.83. The van der Waals surface area contributed by atoms with Crippen LogP contribution in [0.2, 0.25) is 0 Å². The van der Waals surface area contributed by atoms with Crippen molar-refractivity contribution < 1.29 is 0 Å². The van der Waals surface area contributed by atoms with Crippen molar-refractivity contribution in [3.8, 4) is 44.5 Å². The second-order valence-corrected chi connectivity index (χ2v) is 19.2. The summed E-state index contributed by atoms with van der Waals surface area (Å²) in [7, 11) is 0. The van der Waals surface area contributed by atoms with Crippen LogP contribution in [0.4, 0.5) is 34.1 Å². The van der Waals surface area contributed by atoms with E-state index >= 15 is 0 Å². The van der Waals surface area contributed by atoms with Crippen LogP contribution in [0.3, 0.4) is 0 Å². The average Bonchev–Trinajstić information content (AvgIpc) is 3.38. The van der Waals surface area contributed by atoms with Gasteiger partial charge in [0, 0.05) is 34.1 Å². The van der Waals surface area contributed by atoms with Crippen LogP contribution in [0, 0.1) is 17.8 Å². The first kappa shape index (κ1) is 40.1. The number of para-hydroxylation sites is 2. The SMILES string of the molecule is c1ccc(-c2ccc(N(c3ccc(-c4ccc(-c5ccc(C67CC8CC(CC(C8)C6)C7)cc5)cc4)cc3)c3ccc(-c4ccc(N(c5ccccc5)c5ccccc5)cc4)cc3)cc2)cc1. The van der Waals surface area contributed by atoms with Crippen LogP contribution in [0.15, 0.2) is 237 Å². The maximum absolute atomic E-state index is 2.47. The fraction of sp³-hybridized carbons (Fsp3) is 0.156. The normalized spacial score (nSPS) is 19.4. The van der Waals surface area contributed by atoms with Crippen molar-refractivity contribution in [2.45, 2.75) is 43.9 Å². The molecule has 66 heavy (non-hydrogen) atoms. The van der Waals surface area contributed by atoms with Gasteiger partial charge in [-0.2, -0.15) is 0 Å². The summed E-state index contributed by atoms with van der Waals surface area (Å²) in [5.41, 5.74) is 18.5. The molecule has 0 radical (unpaired) electrons. The molecular formula is C64H54N2. The first-order valence-corrected chi connectivity index (χ1v) is 24.0. The van der Waals surface area contributed by atoms with E-state index in [4.69, 9.17) is 0 Å². The molecular weight excluding hydrogens is 797 g/mol.